The lowest BCUT2D eigenvalue weighted by molar-refractivity contribution is -0.116. The van der Waals surface area contributed by atoms with Gasteiger partial charge in [0.25, 0.3) is 0 Å². The highest BCUT2D eigenvalue weighted by atomic mass is 19.1. The number of carbonyl (C=O) groups is 1. The predicted octanol–water partition coefficient (Wildman–Crippen LogP) is 2.66. The van der Waals surface area contributed by atoms with Crippen LogP contribution in [0.5, 0.6) is 5.75 Å². The molecule has 128 valence electrons. The highest BCUT2D eigenvalue weighted by Gasteiger charge is 2.05. The van der Waals surface area contributed by atoms with E-state index >= 15 is 0 Å². The molecule has 2 rings (SSSR count). The number of carbonyl (C=O) groups excluding carboxylic acids is 1. The molecule has 6 heteroatoms. The summed E-state index contributed by atoms with van der Waals surface area (Å²) in [4.78, 5) is 13.8. The zero-order valence-electron chi connectivity index (χ0n) is 13.5. The van der Waals surface area contributed by atoms with E-state index in [-0.39, 0.29) is 31.4 Å². The molecule has 0 aliphatic rings. The van der Waals surface area contributed by atoms with Gasteiger partial charge >= 0.3 is 0 Å². The summed E-state index contributed by atoms with van der Waals surface area (Å²) >= 11 is 0. The van der Waals surface area contributed by atoms with E-state index in [9.17, 15) is 9.18 Å². The van der Waals surface area contributed by atoms with Crippen molar-refractivity contribution in [2.45, 2.75) is 6.42 Å². The molecule has 0 radical (unpaired) electrons. The molecule has 0 saturated heterocycles. The maximum Gasteiger partial charge on any atom is 0.227 e. The van der Waals surface area contributed by atoms with Gasteiger partial charge in [0, 0.05) is 25.0 Å². The van der Waals surface area contributed by atoms with Crippen LogP contribution in [0.25, 0.3) is 0 Å². The first-order valence-corrected chi connectivity index (χ1v) is 7.69. The lowest BCUT2D eigenvalue weighted by Gasteiger charge is -2.18. The summed E-state index contributed by atoms with van der Waals surface area (Å²) < 4.78 is 18.2. The molecule has 0 fully saturated rings. The Morgan fingerprint density at radius 3 is 2.46 bits per heavy atom. The van der Waals surface area contributed by atoms with Crippen LogP contribution in [0.4, 0.5) is 15.8 Å². The molecule has 0 bridgehead atoms. The normalized spacial score (nSPS) is 10.3. The zero-order chi connectivity index (χ0) is 17.4. The van der Waals surface area contributed by atoms with Crippen molar-refractivity contribution in [3.05, 3.63) is 54.3 Å². The second-order valence-electron chi connectivity index (χ2n) is 5.29. The van der Waals surface area contributed by atoms with Gasteiger partial charge in [0.15, 0.2) is 0 Å². The molecule has 2 N–H and O–H groups in total. The molecule has 0 atom stereocenters. The van der Waals surface area contributed by atoms with Gasteiger partial charge in [0.2, 0.25) is 5.91 Å². The van der Waals surface area contributed by atoms with E-state index in [1.54, 1.807) is 0 Å². The number of likely N-dealkylation sites (N-methyl/N-ethyl adjacent to an activating group) is 1. The standard InChI is InChI=1S/C18H21FN2O3/c1-21(11-12-22)16-6-4-15(5-7-16)20-18(23)10-13-24-17-8-2-14(19)3-9-17/h2-9,22H,10-13H2,1H3,(H,20,23). The molecular formula is C18H21FN2O3. The summed E-state index contributed by atoms with van der Waals surface area (Å²) in [6.45, 7) is 0.851. The minimum Gasteiger partial charge on any atom is -0.493 e. The number of aliphatic hydroxyl groups excluding tert-OH is 1. The van der Waals surface area contributed by atoms with Crippen LogP contribution in [0.3, 0.4) is 0 Å². The molecule has 0 heterocycles. The Labute approximate surface area is 140 Å². The van der Waals surface area contributed by atoms with Crippen molar-refractivity contribution in [3.63, 3.8) is 0 Å². The fourth-order valence-corrected chi connectivity index (χ4v) is 2.09. The first-order valence-electron chi connectivity index (χ1n) is 7.69. The van der Waals surface area contributed by atoms with Gasteiger partial charge in [-0.05, 0) is 48.5 Å². The van der Waals surface area contributed by atoms with Gasteiger partial charge in [-0.1, -0.05) is 0 Å². The Balaban J connectivity index is 1.76. The SMILES string of the molecule is CN(CCO)c1ccc(NC(=O)CCOc2ccc(F)cc2)cc1. The number of amides is 1. The second-order valence-corrected chi connectivity index (χ2v) is 5.29. The lowest BCUT2D eigenvalue weighted by atomic mass is 10.2. The first kappa shape index (κ1) is 17.7. The summed E-state index contributed by atoms with van der Waals surface area (Å²) in [7, 11) is 1.89. The van der Waals surface area contributed by atoms with Crippen LogP contribution in [-0.2, 0) is 4.79 Å². The maximum atomic E-state index is 12.8. The summed E-state index contributed by atoms with van der Waals surface area (Å²) in [5, 5.41) is 11.7. The number of nitrogens with zero attached hydrogens (tertiary/aromatic N) is 1. The molecule has 2 aromatic rings. The Kier molecular flexibility index (Phi) is 6.57. The number of ether oxygens (including phenoxy) is 1. The molecule has 0 aliphatic carbocycles. The molecule has 0 spiro atoms. The highest BCUT2D eigenvalue weighted by Crippen LogP contribution is 2.17. The topological polar surface area (TPSA) is 61.8 Å². The Hall–Kier alpha value is -2.60. The molecule has 5 nitrogen and oxygen atoms in total. The van der Waals surface area contributed by atoms with E-state index in [0.29, 0.717) is 18.0 Å². The largest absolute Gasteiger partial charge is 0.493 e. The lowest BCUT2D eigenvalue weighted by Crippen LogP contribution is -2.21. The molecular weight excluding hydrogens is 311 g/mol. The number of hydrogen-bond acceptors (Lipinski definition) is 4. The smallest absolute Gasteiger partial charge is 0.227 e. The first-order chi connectivity index (χ1) is 11.6. The maximum absolute atomic E-state index is 12.8. The number of hydrogen-bond donors (Lipinski definition) is 2. The van der Waals surface area contributed by atoms with E-state index < -0.39 is 0 Å². The number of rotatable bonds is 8. The van der Waals surface area contributed by atoms with Crippen LogP contribution in [0.1, 0.15) is 6.42 Å². The van der Waals surface area contributed by atoms with Gasteiger partial charge in [-0.2, -0.15) is 0 Å². The van der Waals surface area contributed by atoms with Crippen LogP contribution in [0, 0.1) is 5.82 Å². The monoisotopic (exact) mass is 332 g/mol. The van der Waals surface area contributed by atoms with Crippen molar-refractivity contribution in [2.75, 3.05) is 37.0 Å². The summed E-state index contributed by atoms with van der Waals surface area (Å²) in [5.41, 5.74) is 1.66. The average Bonchev–Trinajstić information content (AvgIpc) is 2.57. The number of nitrogens with one attached hydrogen (secondary N) is 1. The second kappa shape index (κ2) is 8.88. The van der Waals surface area contributed by atoms with E-state index in [1.165, 1.54) is 24.3 Å². The minimum absolute atomic E-state index is 0.0864. The Morgan fingerprint density at radius 1 is 1.17 bits per heavy atom. The third-order valence-corrected chi connectivity index (χ3v) is 3.44. The van der Waals surface area contributed by atoms with Crippen LogP contribution in [-0.4, -0.2) is 37.8 Å². The summed E-state index contributed by atoms with van der Waals surface area (Å²) in [6, 6.07) is 13.0. The van der Waals surface area contributed by atoms with Crippen molar-refractivity contribution in [1.29, 1.82) is 0 Å². The third kappa shape index (κ3) is 5.55. The minimum atomic E-state index is -0.326. The van der Waals surface area contributed by atoms with Crippen molar-refractivity contribution >= 4 is 17.3 Å². The number of benzene rings is 2. The van der Waals surface area contributed by atoms with Crippen LogP contribution in [0.15, 0.2) is 48.5 Å². The van der Waals surface area contributed by atoms with Crippen molar-refractivity contribution in [1.82, 2.24) is 0 Å². The molecule has 24 heavy (non-hydrogen) atoms. The van der Waals surface area contributed by atoms with Gasteiger partial charge in [-0.15, -0.1) is 0 Å². The molecule has 0 aliphatic heterocycles. The Bertz CT molecular complexity index is 644. The average molecular weight is 332 g/mol. The van der Waals surface area contributed by atoms with Gasteiger partial charge < -0.3 is 20.1 Å². The van der Waals surface area contributed by atoms with Crippen LogP contribution in [0.2, 0.25) is 0 Å². The van der Waals surface area contributed by atoms with Crippen molar-refractivity contribution in [3.8, 4) is 5.75 Å². The number of aliphatic hydroxyl groups is 1. The van der Waals surface area contributed by atoms with Crippen LogP contribution >= 0.6 is 0 Å². The number of halogens is 1. The van der Waals surface area contributed by atoms with E-state index in [0.717, 1.165) is 5.69 Å². The molecule has 1 amide bonds. The predicted molar refractivity (Wildman–Crippen MR) is 91.9 cm³/mol. The summed E-state index contributed by atoms with van der Waals surface area (Å²) in [6.07, 6.45) is 0.198. The van der Waals surface area contributed by atoms with E-state index in [4.69, 9.17) is 9.84 Å². The van der Waals surface area contributed by atoms with Gasteiger partial charge in [0.05, 0.1) is 19.6 Å². The fraction of sp³-hybridized carbons (Fsp3) is 0.278. The van der Waals surface area contributed by atoms with Crippen LogP contribution < -0.4 is 15.0 Å². The highest BCUT2D eigenvalue weighted by molar-refractivity contribution is 5.90. The van der Waals surface area contributed by atoms with Crippen molar-refractivity contribution in [2.24, 2.45) is 0 Å². The third-order valence-electron chi connectivity index (χ3n) is 3.44. The molecule has 2 aromatic carbocycles. The molecule has 0 aromatic heterocycles. The Morgan fingerprint density at radius 2 is 1.83 bits per heavy atom. The van der Waals surface area contributed by atoms with Gasteiger partial charge in [-0.3, -0.25) is 4.79 Å². The van der Waals surface area contributed by atoms with Crippen molar-refractivity contribution < 1.29 is 19.0 Å². The zero-order valence-corrected chi connectivity index (χ0v) is 13.5. The fourth-order valence-electron chi connectivity index (χ4n) is 2.09. The van der Waals surface area contributed by atoms with E-state index in [1.807, 2.05) is 36.2 Å². The summed E-state index contributed by atoms with van der Waals surface area (Å²) in [5.74, 6) is 0.0437. The molecule has 0 unspecified atom stereocenters. The van der Waals surface area contributed by atoms with Gasteiger partial charge in [0.1, 0.15) is 11.6 Å². The van der Waals surface area contributed by atoms with Gasteiger partial charge in [-0.25, -0.2) is 4.39 Å². The quantitative estimate of drug-likeness (QED) is 0.780. The number of anilines is 2. The molecule has 0 saturated carbocycles. The van der Waals surface area contributed by atoms with E-state index in [2.05, 4.69) is 5.32 Å².